The molecule has 0 aliphatic carbocycles. The number of hydrogen-bond acceptors (Lipinski definition) is 2. The molecule has 1 heterocycles. The summed E-state index contributed by atoms with van der Waals surface area (Å²) >= 11 is 6.33. The molecule has 0 saturated heterocycles. The molecule has 27 heavy (non-hydrogen) atoms. The summed E-state index contributed by atoms with van der Waals surface area (Å²) < 4.78 is 0. The molecule has 4 aromatic carbocycles. The van der Waals surface area contributed by atoms with Gasteiger partial charge in [-0.3, -0.25) is 0 Å². The van der Waals surface area contributed by atoms with Crippen molar-refractivity contribution >= 4 is 33.1 Å². The predicted octanol–water partition coefficient (Wildman–Crippen LogP) is 6.77. The Morgan fingerprint density at radius 1 is 0.519 bits per heavy atom. The van der Waals surface area contributed by atoms with E-state index in [1.54, 1.807) is 0 Å². The molecule has 0 fully saturated rings. The first-order chi connectivity index (χ1) is 13.3. The van der Waals surface area contributed by atoms with Crippen molar-refractivity contribution in [3.8, 4) is 22.5 Å². The van der Waals surface area contributed by atoms with Crippen LogP contribution in [0.5, 0.6) is 0 Å². The molecule has 0 spiro atoms. The highest BCUT2D eigenvalue weighted by Gasteiger charge is 2.11. The van der Waals surface area contributed by atoms with Crippen LogP contribution in [-0.2, 0) is 0 Å². The van der Waals surface area contributed by atoms with Crippen LogP contribution in [0.3, 0.4) is 0 Å². The molecule has 0 amide bonds. The molecule has 0 atom stereocenters. The highest BCUT2D eigenvalue weighted by Crippen LogP contribution is 2.33. The molecule has 0 radical (unpaired) electrons. The SMILES string of the molecule is Clc1nc(-c2cccc3ccccc23)cc(-c2cccc3ccccc23)n1. The Kier molecular flexibility index (Phi) is 3.84. The van der Waals surface area contributed by atoms with E-state index in [0.29, 0.717) is 0 Å². The Bertz CT molecular complexity index is 1190. The fourth-order valence-electron chi connectivity index (χ4n) is 3.59. The minimum atomic E-state index is 0.253. The van der Waals surface area contributed by atoms with Crippen LogP contribution in [0.1, 0.15) is 0 Å². The Hall–Kier alpha value is -3.23. The van der Waals surface area contributed by atoms with E-state index < -0.39 is 0 Å². The standard InChI is InChI=1S/C24H15ClN2/c25-24-26-22(20-13-5-9-16-7-1-3-11-18(16)20)15-23(27-24)21-14-6-10-17-8-2-4-12-19(17)21/h1-15H. The number of fused-ring (bicyclic) bond motifs is 2. The number of nitrogens with zero attached hydrogens (tertiary/aromatic N) is 2. The van der Waals surface area contributed by atoms with Gasteiger partial charge in [-0.05, 0) is 39.2 Å². The topological polar surface area (TPSA) is 25.8 Å². The summed E-state index contributed by atoms with van der Waals surface area (Å²) in [6, 6.07) is 31.1. The van der Waals surface area contributed by atoms with Gasteiger partial charge in [-0.1, -0.05) is 84.9 Å². The molecule has 128 valence electrons. The van der Waals surface area contributed by atoms with Gasteiger partial charge in [-0.15, -0.1) is 0 Å². The fraction of sp³-hybridized carbons (Fsp3) is 0. The fourth-order valence-corrected chi connectivity index (χ4v) is 3.77. The summed E-state index contributed by atoms with van der Waals surface area (Å²) in [7, 11) is 0. The van der Waals surface area contributed by atoms with Crippen molar-refractivity contribution in [1.82, 2.24) is 9.97 Å². The lowest BCUT2D eigenvalue weighted by atomic mass is 9.99. The molecule has 0 bridgehead atoms. The minimum absolute atomic E-state index is 0.253. The lowest BCUT2D eigenvalue weighted by molar-refractivity contribution is 1.18. The van der Waals surface area contributed by atoms with Crippen LogP contribution in [0.25, 0.3) is 44.1 Å². The molecule has 0 aliphatic rings. The van der Waals surface area contributed by atoms with Crippen LogP contribution in [-0.4, -0.2) is 9.97 Å². The summed E-state index contributed by atoms with van der Waals surface area (Å²) in [4.78, 5) is 9.03. The van der Waals surface area contributed by atoms with Gasteiger partial charge in [-0.2, -0.15) is 0 Å². The molecule has 0 N–H and O–H groups in total. The van der Waals surface area contributed by atoms with Gasteiger partial charge in [0.1, 0.15) is 0 Å². The predicted molar refractivity (Wildman–Crippen MR) is 113 cm³/mol. The largest absolute Gasteiger partial charge is 0.223 e. The van der Waals surface area contributed by atoms with E-state index in [0.717, 1.165) is 33.3 Å². The molecule has 2 nitrogen and oxygen atoms in total. The molecular weight excluding hydrogens is 352 g/mol. The number of rotatable bonds is 2. The lowest BCUT2D eigenvalue weighted by Crippen LogP contribution is -1.93. The number of halogens is 1. The molecule has 5 aromatic rings. The number of hydrogen-bond donors (Lipinski definition) is 0. The molecule has 0 saturated carbocycles. The van der Waals surface area contributed by atoms with E-state index in [4.69, 9.17) is 11.6 Å². The second-order valence-corrected chi connectivity index (χ2v) is 6.80. The average Bonchev–Trinajstić information content (AvgIpc) is 2.72. The lowest BCUT2D eigenvalue weighted by Gasteiger charge is -2.10. The minimum Gasteiger partial charge on any atom is -0.218 e. The summed E-state index contributed by atoms with van der Waals surface area (Å²) in [5.74, 6) is 0. The quantitative estimate of drug-likeness (QED) is 0.322. The van der Waals surface area contributed by atoms with Crippen molar-refractivity contribution in [1.29, 1.82) is 0 Å². The normalized spacial score (nSPS) is 11.1. The maximum atomic E-state index is 6.33. The van der Waals surface area contributed by atoms with E-state index in [-0.39, 0.29) is 5.28 Å². The molecule has 5 rings (SSSR count). The Labute approximate surface area is 162 Å². The average molecular weight is 367 g/mol. The Balaban J connectivity index is 1.76. The zero-order chi connectivity index (χ0) is 18.2. The van der Waals surface area contributed by atoms with Gasteiger partial charge < -0.3 is 0 Å². The summed E-state index contributed by atoms with van der Waals surface area (Å²) in [6.45, 7) is 0. The van der Waals surface area contributed by atoms with Crippen molar-refractivity contribution in [2.24, 2.45) is 0 Å². The molecule has 0 aliphatic heterocycles. The second kappa shape index (κ2) is 6.49. The van der Waals surface area contributed by atoms with Gasteiger partial charge in [0.05, 0.1) is 11.4 Å². The monoisotopic (exact) mass is 366 g/mol. The molecule has 0 unspecified atom stereocenters. The van der Waals surface area contributed by atoms with Gasteiger partial charge in [-0.25, -0.2) is 9.97 Å². The highest BCUT2D eigenvalue weighted by atomic mass is 35.5. The molecule has 3 heteroatoms. The van der Waals surface area contributed by atoms with Crippen molar-refractivity contribution in [2.75, 3.05) is 0 Å². The third-order valence-electron chi connectivity index (χ3n) is 4.83. The van der Waals surface area contributed by atoms with Gasteiger partial charge in [0.25, 0.3) is 0 Å². The van der Waals surface area contributed by atoms with E-state index in [1.807, 2.05) is 42.5 Å². The molecule has 1 aromatic heterocycles. The third kappa shape index (κ3) is 2.84. The van der Waals surface area contributed by atoms with Crippen LogP contribution < -0.4 is 0 Å². The van der Waals surface area contributed by atoms with Gasteiger partial charge in [0.15, 0.2) is 0 Å². The summed E-state index contributed by atoms with van der Waals surface area (Å²) in [5.41, 5.74) is 3.77. The zero-order valence-electron chi connectivity index (χ0n) is 14.4. The highest BCUT2D eigenvalue weighted by molar-refractivity contribution is 6.28. The van der Waals surface area contributed by atoms with Crippen molar-refractivity contribution in [2.45, 2.75) is 0 Å². The summed E-state index contributed by atoms with van der Waals surface area (Å²) in [5, 5.41) is 4.91. The maximum Gasteiger partial charge on any atom is 0.223 e. The van der Waals surface area contributed by atoms with Crippen LogP contribution >= 0.6 is 11.6 Å². The smallest absolute Gasteiger partial charge is 0.218 e. The third-order valence-corrected chi connectivity index (χ3v) is 5.00. The van der Waals surface area contributed by atoms with Crippen molar-refractivity contribution in [3.63, 3.8) is 0 Å². The summed E-state index contributed by atoms with van der Waals surface area (Å²) in [6.07, 6.45) is 0. The molecular formula is C24H15ClN2. The second-order valence-electron chi connectivity index (χ2n) is 6.46. The maximum absolute atomic E-state index is 6.33. The van der Waals surface area contributed by atoms with Gasteiger partial charge in [0.2, 0.25) is 5.28 Å². The first-order valence-electron chi connectivity index (χ1n) is 8.80. The first-order valence-corrected chi connectivity index (χ1v) is 9.18. The van der Waals surface area contributed by atoms with Crippen LogP contribution in [0.4, 0.5) is 0 Å². The van der Waals surface area contributed by atoms with Crippen molar-refractivity contribution in [3.05, 3.63) is 96.3 Å². The Morgan fingerprint density at radius 3 is 1.48 bits per heavy atom. The number of benzene rings is 4. The van der Waals surface area contributed by atoms with E-state index in [2.05, 4.69) is 58.5 Å². The van der Waals surface area contributed by atoms with Crippen LogP contribution in [0, 0.1) is 0 Å². The first kappa shape index (κ1) is 16.0. The zero-order valence-corrected chi connectivity index (χ0v) is 15.2. The van der Waals surface area contributed by atoms with E-state index in [9.17, 15) is 0 Å². The van der Waals surface area contributed by atoms with Crippen molar-refractivity contribution < 1.29 is 0 Å². The number of aromatic nitrogens is 2. The van der Waals surface area contributed by atoms with Crippen LogP contribution in [0.15, 0.2) is 91.0 Å². The van der Waals surface area contributed by atoms with E-state index >= 15 is 0 Å². The van der Waals surface area contributed by atoms with Crippen LogP contribution in [0.2, 0.25) is 5.28 Å². The van der Waals surface area contributed by atoms with Gasteiger partial charge >= 0.3 is 0 Å². The van der Waals surface area contributed by atoms with E-state index in [1.165, 1.54) is 10.8 Å². The Morgan fingerprint density at radius 2 is 0.963 bits per heavy atom. The van der Waals surface area contributed by atoms with Gasteiger partial charge in [0, 0.05) is 11.1 Å².